The average Bonchev–Trinajstić information content (AvgIpc) is 3.40. The van der Waals surface area contributed by atoms with Gasteiger partial charge in [-0.1, -0.05) is 22.0 Å². The first-order valence-corrected chi connectivity index (χ1v) is 9.99. The van der Waals surface area contributed by atoms with E-state index in [0.717, 1.165) is 29.7 Å². The van der Waals surface area contributed by atoms with Crippen molar-refractivity contribution in [2.75, 3.05) is 26.2 Å². The van der Waals surface area contributed by atoms with Crippen molar-refractivity contribution in [3.8, 4) is 5.75 Å². The van der Waals surface area contributed by atoms with Gasteiger partial charge in [-0.05, 0) is 62.7 Å². The van der Waals surface area contributed by atoms with Crippen molar-refractivity contribution < 1.29 is 13.9 Å². The SMILES string of the molecule is O=C(c1ccc(COc2cccc(Br)c2)o1)N1CC[C@@H](N2CCCC2)C1. The van der Waals surface area contributed by atoms with Gasteiger partial charge in [-0.2, -0.15) is 0 Å². The second-order valence-electron chi connectivity index (χ2n) is 6.95. The summed E-state index contributed by atoms with van der Waals surface area (Å²) in [7, 11) is 0. The predicted molar refractivity (Wildman–Crippen MR) is 102 cm³/mol. The summed E-state index contributed by atoms with van der Waals surface area (Å²) in [6.07, 6.45) is 3.62. The number of furan rings is 1. The Morgan fingerprint density at radius 3 is 2.85 bits per heavy atom. The Kier molecular flexibility index (Phi) is 5.31. The summed E-state index contributed by atoms with van der Waals surface area (Å²) in [5, 5.41) is 0. The molecule has 1 aromatic heterocycles. The van der Waals surface area contributed by atoms with Gasteiger partial charge in [0.25, 0.3) is 5.91 Å². The Morgan fingerprint density at radius 1 is 1.19 bits per heavy atom. The van der Waals surface area contributed by atoms with E-state index in [0.29, 0.717) is 24.2 Å². The number of carbonyl (C=O) groups excluding carboxylic acids is 1. The molecule has 0 aliphatic carbocycles. The van der Waals surface area contributed by atoms with Gasteiger partial charge in [0, 0.05) is 23.6 Å². The van der Waals surface area contributed by atoms with Gasteiger partial charge >= 0.3 is 0 Å². The van der Waals surface area contributed by atoms with Crippen molar-refractivity contribution in [3.63, 3.8) is 0 Å². The minimum Gasteiger partial charge on any atom is -0.486 e. The van der Waals surface area contributed by atoms with Crippen molar-refractivity contribution in [1.82, 2.24) is 9.80 Å². The monoisotopic (exact) mass is 418 g/mol. The molecule has 1 aromatic carbocycles. The van der Waals surface area contributed by atoms with Gasteiger partial charge in [0.15, 0.2) is 5.76 Å². The highest BCUT2D eigenvalue weighted by Crippen LogP contribution is 2.23. The molecule has 0 radical (unpaired) electrons. The number of hydrogen-bond acceptors (Lipinski definition) is 4. The van der Waals surface area contributed by atoms with Crippen LogP contribution in [0.25, 0.3) is 0 Å². The molecule has 0 spiro atoms. The van der Waals surface area contributed by atoms with Crippen molar-refractivity contribution in [3.05, 3.63) is 52.4 Å². The zero-order valence-electron chi connectivity index (χ0n) is 14.7. The number of ether oxygens (including phenoxy) is 1. The van der Waals surface area contributed by atoms with E-state index in [1.54, 1.807) is 6.07 Å². The van der Waals surface area contributed by atoms with Crippen LogP contribution in [-0.4, -0.2) is 47.9 Å². The van der Waals surface area contributed by atoms with E-state index in [1.165, 1.54) is 25.9 Å². The molecule has 5 nitrogen and oxygen atoms in total. The maximum atomic E-state index is 12.7. The van der Waals surface area contributed by atoms with E-state index in [-0.39, 0.29) is 5.91 Å². The van der Waals surface area contributed by atoms with Crippen LogP contribution in [0.2, 0.25) is 0 Å². The number of halogens is 1. The molecule has 138 valence electrons. The summed E-state index contributed by atoms with van der Waals surface area (Å²) < 4.78 is 12.4. The third-order valence-corrected chi connectivity index (χ3v) is 5.65. The topological polar surface area (TPSA) is 45.9 Å². The van der Waals surface area contributed by atoms with Crippen LogP contribution in [0, 0.1) is 0 Å². The molecule has 2 aromatic rings. The normalized spacial score (nSPS) is 20.7. The fourth-order valence-corrected chi connectivity index (χ4v) is 4.15. The van der Waals surface area contributed by atoms with Crippen molar-refractivity contribution in [2.24, 2.45) is 0 Å². The summed E-state index contributed by atoms with van der Waals surface area (Å²) >= 11 is 3.42. The molecule has 2 aliphatic heterocycles. The molecule has 0 unspecified atom stereocenters. The second kappa shape index (κ2) is 7.84. The van der Waals surface area contributed by atoms with E-state index in [4.69, 9.17) is 9.15 Å². The molecular formula is C20H23BrN2O3. The second-order valence-corrected chi connectivity index (χ2v) is 7.86. The van der Waals surface area contributed by atoms with Crippen LogP contribution >= 0.6 is 15.9 Å². The van der Waals surface area contributed by atoms with Crippen LogP contribution in [0.5, 0.6) is 5.75 Å². The summed E-state index contributed by atoms with van der Waals surface area (Å²) in [5.74, 6) is 1.81. The van der Waals surface area contributed by atoms with Crippen molar-refractivity contribution in [1.29, 1.82) is 0 Å². The third-order valence-electron chi connectivity index (χ3n) is 5.16. The highest BCUT2D eigenvalue weighted by atomic mass is 79.9. The predicted octanol–water partition coefficient (Wildman–Crippen LogP) is 3.93. The summed E-state index contributed by atoms with van der Waals surface area (Å²) in [6, 6.07) is 11.7. The number of hydrogen-bond donors (Lipinski definition) is 0. The van der Waals surface area contributed by atoms with E-state index < -0.39 is 0 Å². The van der Waals surface area contributed by atoms with Gasteiger partial charge in [-0.25, -0.2) is 0 Å². The summed E-state index contributed by atoms with van der Waals surface area (Å²) in [6.45, 7) is 4.27. The first kappa shape index (κ1) is 17.6. The number of nitrogens with zero attached hydrogens (tertiary/aromatic N) is 2. The molecule has 1 amide bonds. The molecule has 2 saturated heterocycles. The van der Waals surface area contributed by atoms with Gasteiger partial charge in [-0.3, -0.25) is 9.69 Å². The van der Waals surface area contributed by atoms with Gasteiger partial charge in [0.2, 0.25) is 0 Å². The van der Waals surface area contributed by atoms with Crippen LogP contribution < -0.4 is 4.74 Å². The molecule has 1 atom stereocenters. The molecule has 6 heteroatoms. The lowest BCUT2D eigenvalue weighted by molar-refractivity contribution is 0.0744. The van der Waals surface area contributed by atoms with E-state index in [2.05, 4.69) is 20.8 Å². The smallest absolute Gasteiger partial charge is 0.289 e. The number of likely N-dealkylation sites (tertiary alicyclic amines) is 2. The summed E-state index contributed by atoms with van der Waals surface area (Å²) in [5.41, 5.74) is 0. The Morgan fingerprint density at radius 2 is 2.04 bits per heavy atom. The first-order valence-electron chi connectivity index (χ1n) is 9.19. The van der Waals surface area contributed by atoms with Gasteiger partial charge in [-0.15, -0.1) is 0 Å². The zero-order valence-corrected chi connectivity index (χ0v) is 16.3. The minimum absolute atomic E-state index is 0.0135. The first-order chi connectivity index (χ1) is 12.7. The fourth-order valence-electron chi connectivity index (χ4n) is 3.77. The Hall–Kier alpha value is -1.79. The molecule has 0 saturated carbocycles. The molecule has 2 aliphatic rings. The number of carbonyl (C=O) groups is 1. The zero-order chi connectivity index (χ0) is 17.9. The van der Waals surface area contributed by atoms with Crippen LogP contribution in [0.3, 0.4) is 0 Å². The quantitative estimate of drug-likeness (QED) is 0.737. The highest BCUT2D eigenvalue weighted by Gasteiger charge is 2.32. The van der Waals surface area contributed by atoms with Crippen LogP contribution in [0.4, 0.5) is 0 Å². The average molecular weight is 419 g/mol. The largest absolute Gasteiger partial charge is 0.486 e. The maximum Gasteiger partial charge on any atom is 0.289 e. The van der Waals surface area contributed by atoms with Crippen LogP contribution in [0.15, 0.2) is 45.3 Å². The van der Waals surface area contributed by atoms with Crippen molar-refractivity contribution >= 4 is 21.8 Å². The van der Waals surface area contributed by atoms with E-state index >= 15 is 0 Å². The van der Waals surface area contributed by atoms with E-state index in [1.807, 2.05) is 35.2 Å². The molecule has 2 fully saturated rings. The lowest BCUT2D eigenvalue weighted by atomic mass is 10.2. The van der Waals surface area contributed by atoms with Gasteiger partial charge < -0.3 is 14.1 Å². The number of amides is 1. The Labute approximate surface area is 162 Å². The highest BCUT2D eigenvalue weighted by molar-refractivity contribution is 9.10. The lowest BCUT2D eigenvalue weighted by Gasteiger charge is -2.23. The lowest BCUT2D eigenvalue weighted by Crippen LogP contribution is -2.37. The molecular weight excluding hydrogens is 396 g/mol. The molecule has 0 N–H and O–H groups in total. The maximum absolute atomic E-state index is 12.7. The van der Waals surface area contributed by atoms with Crippen LogP contribution in [0.1, 0.15) is 35.6 Å². The fraction of sp³-hybridized carbons (Fsp3) is 0.450. The molecule has 26 heavy (non-hydrogen) atoms. The Balaban J connectivity index is 1.33. The minimum atomic E-state index is -0.0135. The van der Waals surface area contributed by atoms with Gasteiger partial charge in [0.05, 0.1) is 0 Å². The molecule has 4 rings (SSSR count). The van der Waals surface area contributed by atoms with Gasteiger partial charge in [0.1, 0.15) is 18.1 Å². The number of benzene rings is 1. The van der Waals surface area contributed by atoms with E-state index in [9.17, 15) is 4.79 Å². The molecule has 3 heterocycles. The van der Waals surface area contributed by atoms with Crippen molar-refractivity contribution in [2.45, 2.75) is 31.9 Å². The standard InChI is InChI=1S/C20H23BrN2O3/c21-15-4-3-5-17(12-15)25-14-18-6-7-19(26-18)20(24)23-11-8-16(13-23)22-9-1-2-10-22/h3-7,12,16H,1-2,8-11,13-14H2/t16-/m1/s1. The number of rotatable bonds is 5. The summed E-state index contributed by atoms with van der Waals surface area (Å²) in [4.78, 5) is 17.1. The third kappa shape index (κ3) is 3.96. The van der Waals surface area contributed by atoms with Crippen LogP contribution in [-0.2, 0) is 6.61 Å². The molecule has 0 bridgehead atoms. The Bertz CT molecular complexity index is 770.